The van der Waals surface area contributed by atoms with Gasteiger partial charge in [0.05, 0.1) is 24.3 Å². The van der Waals surface area contributed by atoms with E-state index in [1.165, 1.54) is 0 Å². The predicted octanol–water partition coefficient (Wildman–Crippen LogP) is 5.33. The van der Waals surface area contributed by atoms with Crippen LogP contribution in [-0.4, -0.2) is 22.3 Å². The van der Waals surface area contributed by atoms with E-state index in [1.807, 2.05) is 19.1 Å². The summed E-state index contributed by atoms with van der Waals surface area (Å²) < 4.78 is 6.09. The molecule has 7 heteroatoms. The first-order valence-electron chi connectivity index (χ1n) is 12.1. The molecule has 0 saturated heterocycles. The van der Waals surface area contributed by atoms with E-state index in [2.05, 4.69) is 21.2 Å². The average molecular weight is 457 g/mol. The molecule has 34 heavy (non-hydrogen) atoms. The quantitative estimate of drug-likeness (QED) is 0.568. The number of carbonyl (C=O) groups excluding carboxylic acids is 2. The first-order valence-corrected chi connectivity index (χ1v) is 12.1. The molecular weight excluding hydrogens is 428 g/mol. The third-order valence-corrected chi connectivity index (χ3v) is 7.58. The second-order valence-electron chi connectivity index (χ2n) is 10.2. The van der Waals surface area contributed by atoms with Crippen LogP contribution in [0.1, 0.15) is 85.7 Å². The van der Waals surface area contributed by atoms with Crippen LogP contribution in [0.15, 0.2) is 28.7 Å². The number of amides is 1. The molecule has 1 amide bonds. The monoisotopic (exact) mass is 456 g/mol. The number of rotatable bonds is 7. The molecule has 0 unspecified atom stereocenters. The molecule has 1 aromatic heterocycles. The number of nitriles is 1. The third-order valence-electron chi connectivity index (χ3n) is 7.58. The Morgan fingerprint density at radius 1 is 1.21 bits per heavy atom. The van der Waals surface area contributed by atoms with Gasteiger partial charge in [-0.1, -0.05) is 25.0 Å². The van der Waals surface area contributed by atoms with Crippen LogP contribution in [0.3, 0.4) is 0 Å². The Morgan fingerprint density at radius 3 is 2.53 bits per heavy atom. The normalized spacial score (nSPS) is 23.9. The van der Waals surface area contributed by atoms with Crippen LogP contribution in [0.4, 0.5) is 0 Å². The average Bonchev–Trinajstić information content (AvgIpc) is 3.77. The van der Waals surface area contributed by atoms with Crippen molar-refractivity contribution in [3.63, 3.8) is 0 Å². The van der Waals surface area contributed by atoms with E-state index in [0.29, 0.717) is 30.7 Å². The molecule has 3 fully saturated rings. The molecule has 1 N–H and O–H groups in total. The summed E-state index contributed by atoms with van der Waals surface area (Å²) in [6.07, 6.45) is 7.06. The minimum Gasteiger partial charge on any atom is -0.445 e. The number of carbonyl (C=O) groups is 2. The molecule has 3 saturated carbocycles. The second kappa shape index (κ2) is 8.40. The van der Waals surface area contributed by atoms with E-state index < -0.39 is 11.1 Å². The summed E-state index contributed by atoms with van der Waals surface area (Å²) in [6, 6.07) is 9.53. The maximum Gasteiger partial charge on any atom is 0.308 e. The lowest BCUT2D eigenvalue weighted by Crippen LogP contribution is -2.34. The maximum atomic E-state index is 13.2. The molecule has 5 rings (SSSR count). The van der Waals surface area contributed by atoms with Gasteiger partial charge in [0.25, 0.3) is 5.91 Å². The molecule has 2 atom stereocenters. The van der Waals surface area contributed by atoms with Gasteiger partial charge in [0.15, 0.2) is 5.89 Å². The summed E-state index contributed by atoms with van der Waals surface area (Å²) in [5.74, 6) is 1.000. The van der Waals surface area contributed by atoms with E-state index in [4.69, 9.17) is 11.0 Å². The highest BCUT2D eigenvalue weighted by Gasteiger charge is 2.52. The van der Waals surface area contributed by atoms with Gasteiger partial charge in [0.1, 0.15) is 17.2 Å². The molecule has 3 aliphatic rings. The number of aryl methyl sites for hydroxylation is 1. The molecule has 1 heterocycles. The van der Waals surface area contributed by atoms with Crippen molar-refractivity contribution >= 4 is 11.7 Å². The number of aromatic nitrogens is 1. The Hall–Kier alpha value is -3.45. The molecule has 0 spiro atoms. The first-order chi connectivity index (χ1) is 16.4. The SMILES string of the molecule is [C-]#[N+]C1(NC(=O)c2ccc(-c3nc(C)oc3[C@@H]3CCCC[C@H]3C(=O)CC3(C#N)CC3)cc2)CC1. The zero-order valence-corrected chi connectivity index (χ0v) is 19.4. The van der Waals surface area contributed by atoms with Crippen LogP contribution in [0.2, 0.25) is 0 Å². The fourth-order valence-electron chi connectivity index (χ4n) is 5.12. The lowest BCUT2D eigenvalue weighted by molar-refractivity contribution is -0.125. The van der Waals surface area contributed by atoms with Gasteiger partial charge in [-0.3, -0.25) is 19.8 Å². The molecule has 3 aliphatic carbocycles. The highest BCUT2D eigenvalue weighted by atomic mass is 16.4. The second-order valence-corrected chi connectivity index (χ2v) is 10.2. The molecule has 2 aromatic rings. The van der Waals surface area contributed by atoms with Gasteiger partial charge in [0.2, 0.25) is 0 Å². The van der Waals surface area contributed by atoms with Crippen molar-refractivity contribution in [2.24, 2.45) is 11.3 Å². The number of oxazole rings is 1. The van der Waals surface area contributed by atoms with E-state index >= 15 is 0 Å². The van der Waals surface area contributed by atoms with Gasteiger partial charge in [-0.05, 0) is 37.8 Å². The summed E-state index contributed by atoms with van der Waals surface area (Å²) in [5.41, 5.74) is 0.885. The number of ketones is 1. The van der Waals surface area contributed by atoms with Crippen LogP contribution in [0.5, 0.6) is 0 Å². The first kappa shape index (κ1) is 22.3. The van der Waals surface area contributed by atoms with Gasteiger partial charge in [-0.15, -0.1) is 0 Å². The lowest BCUT2D eigenvalue weighted by atomic mass is 9.73. The van der Waals surface area contributed by atoms with Crippen molar-refractivity contribution in [2.75, 3.05) is 0 Å². The van der Waals surface area contributed by atoms with Gasteiger partial charge >= 0.3 is 5.66 Å². The minimum absolute atomic E-state index is 0.0525. The summed E-state index contributed by atoms with van der Waals surface area (Å²) in [4.78, 5) is 33.9. The lowest BCUT2D eigenvalue weighted by Gasteiger charge is -2.30. The summed E-state index contributed by atoms with van der Waals surface area (Å²) in [5, 5.41) is 12.3. The van der Waals surface area contributed by atoms with Gasteiger partial charge in [-0.2, -0.15) is 5.26 Å². The summed E-state index contributed by atoms with van der Waals surface area (Å²) in [7, 11) is 0. The van der Waals surface area contributed by atoms with Crippen molar-refractivity contribution in [3.8, 4) is 17.3 Å². The Balaban J connectivity index is 1.38. The summed E-state index contributed by atoms with van der Waals surface area (Å²) >= 11 is 0. The Labute approximate surface area is 199 Å². The third kappa shape index (κ3) is 4.23. The topological polar surface area (TPSA) is 100 Å². The zero-order chi connectivity index (χ0) is 23.9. The molecule has 0 aliphatic heterocycles. The highest BCUT2D eigenvalue weighted by Crippen LogP contribution is 2.51. The van der Waals surface area contributed by atoms with Crippen molar-refractivity contribution in [1.82, 2.24) is 10.3 Å². The van der Waals surface area contributed by atoms with Crippen LogP contribution < -0.4 is 5.32 Å². The van der Waals surface area contributed by atoms with Crippen LogP contribution in [-0.2, 0) is 4.79 Å². The molecule has 0 bridgehead atoms. The molecule has 174 valence electrons. The number of hydrogen-bond acceptors (Lipinski definition) is 5. The number of nitrogens with one attached hydrogen (secondary N) is 1. The largest absolute Gasteiger partial charge is 0.445 e. The van der Waals surface area contributed by atoms with Crippen LogP contribution in [0.25, 0.3) is 16.1 Å². The number of benzene rings is 1. The fourth-order valence-corrected chi connectivity index (χ4v) is 5.12. The standard InChI is InChI=1S/C27H28N4O3/c1-17-30-23(18-7-9-19(10-8-18)25(33)31-27(29-2)13-14-27)24(34-17)21-6-4-3-5-20(21)22(32)15-26(16-28)11-12-26/h7-10,20-21H,3-6,11-15H2,1H3,(H,31,33)/t20-,21-/m1/s1. The van der Waals surface area contributed by atoms with Crippen molar-refractivity contribution in [3.05, 3.63) is 52.9 Å². The smallest absolute Gasteiger partial charge is 0.308 e. The minimum atomic E-state index is -0.723. The zero-order valence-electron chi connectivity index (χ0n) is 19.4. The molecule has 0 radical (unpaired) electrons. The molecule has 1 aromatic carbocycles. The molecule has 7 nitrogen and oxygen atoms in total. The van der Waals surface area contributed by atoms with E-state index in [0.717, 1.165) is 55.5 Å². The molecular formula is C27H28N4O3. The fraction of sp³-hybridized carbons (Fsp3) is 0.519. The Bertz CT molecular complexity index is 1210. The Morgan fingerprint density at radius 2 is 1.91 bits per heavy atom. The van der Waals surface area contributed by atoms with E-state index in [-0.39, 0.29) is 23.5 Å². The van der Waals surface area contributed by atoms with E-state index in [1.54, 1.807) is 12.1 Å². The predicted molar refractivity (Wildman–Crippen MR) is 124 cm³/mol. The van der Waals surface area contributed by atoms with Gasteiger partial charge in [0, 0.05) is 36.3 Å². The van der Waals surface area contributed by atoms with Gasteiger partial charge in [-0.25, -0.2) is 11.6 Å². The van der Waals surface area contributed by atoms with Crippen molar-refractivity contribution in [2.45, 2.75) is 76.3 Å². The van der Waals surface area contributed by atoms with Crippen molar-refractivity contribution < 1.29 is 14.0 Å². The summed E-state index contributed by atoms with van der Waals surface area (Å²) in [6.45, 7) is 9.06. The van der Waals surface area contributed by atoms with Crippen molar-refractivity contribution in [1.29, 1.82) is 5.26 Å². The van der Waals surface area contributed by atoms with E-state index in [9.17, 15) is 14.9 Å². The highest BCUT2D eigenvalue weighted by molar-refractivity contribution is 5.95. The maximum absolute atomic E-state index is 13.2. The number of Topliss-reactive ketones (excluding diaryl/α,β-unsaturated/α-hetero) is 1. The Kier molecular flexibility index (Phi) is 5.52. The number of hydrogen-bond donors (Lipinski definition) is 1. The van der Waals surface area contributed by atoms with Crippen LogP contribution in [0, 0.1) is 36.2 Å². The number of nitrogens with zero attached hydrogens (tertiary/aromatic N) is 3. The van der Waals surface area contributed by atoms with Crippen LogP contribution >= 0.6 is 0 Å². The van der Waals surface area contributed by atoms with Gasteiger partial charge < -0.3 is 4.42 Å².